The molecule has 0 saturated carbocycles. The minimum atomic E-state index is -0.290. The summed E-state index contributed by atoms with van der Waals surface area (Å²) in [4.78, 5) is 13.0. The van der Waals surface area contributed by atoms with Crippen molar-refractivity contribution in [3.63, 3.8) is 0 Å². The normalized spacial score (nSPS) is 17.7. The average molecular weight is 309 g/mol. The molecule has 2 heterocycles. The first-order chi connectivity index (χ1) is 11.1. The van der Waals surface area contributed by atoms with Gasteiger partial charge in [0.15, 0.2) is 5.78 Å². The number of halogens is 1. The van der Waals surface area contributed by atoms with Crippen LogP contribution >= 0.6 is 0 Å². The van der Waals surface area contributed by atoms with E-state index in [1.165, 1.54) is 12.1 Å². The first-order valence-electron chi connectivity index (χ1n) is 7.99. The summed E-state index contributed by atoms with van der Waals surface area (Å²) < 4.78 is 17.8. The number of carbonyl (C=O) groups excluding carboxylic acids is 1. The Hall–Kier alpha value is -2.36. The lowest BCUT2D eigenvalue weighted by Crippen LogP contribution is -2.27. The third kappa shape index (κ3) is 2.12. The van der Waals surface area contributed by atoms with Gasteiger partial charge in [-0.05, 0) is 50.1 Å². The molecule has 4 heteroatoms. The van der Waals surface area contributed by atoms with E-state index in [1.54, 1.807) is 6.07 Å². The molecule has 0 N–H and O–H groups in total. The van der Waals surface area contributed by atoms with Crippen LogP contribution in [0.4, 0.5) is 4.39 Å². The van der Waals surface area contributed by atoms with Crippen LogP contribution in [0.3, 0.4) is 0 Å². The molecule has 0 fully saturated rings. The monoisotopic (exact) mass is 309 g/mol. The van der Waals surface area contributed by atoms with Gasteiger partial charge in [0.1, 0.15) is 5.82 Å². The zero-order valence-corrected chi connectivity index (χ0v) is 13.3. The van der Waals surface area contributed by atoms with Gasteiger partial charge >= 0.3 is 0 Å². The van der Waals surface area contributed by atoms with Crippen molar-refractivity contribution in [3.05, 3.63) is 59.3 Å². The van der Waals surface area contributed by atoms with Gasteiger partial charge in [0.25, 0.3) is 0 Å². The summed E-state index contributed by atoms with van der Waals surface area (Å²) in [6, 6.07) is 8.77. The number of nitrogens with zero attached hydrogens (tertiary/aromatic N) is 2. The van der Waals surface area contributed by atoms with E-state index in [4.69, 9.17) is 0 Å². The van der Waals surface area contributed by atoms with Crippen LogP contribution in [0.25, 0.3) is 10.9 Å². The Bertz CT molecular complexity index is 919. The Morgan fingerprint density at radius 3 is 2.87 bits per heavy atom. The number of aromatic nitrogens is 2. The molecule has 0 amide bonds. The van der Waals surface area contributed by atoms with E-state index in [9.17, 15) is 9.18 Å². The van der Waals surface area contributed by atoms with E-state index in [1.807, 2.05) is 36.9 Å². The van der Waals surface area contributed by atoms with E-state index in [2.05, 4.69) is 4.57 Å². The molecular formula is C19H19FN2O. The highest BCUT2D eigenvalue weighted by atomic mass is 18.2. The number of ketones is 1. The Morgan fingerprint density at radius 1 is 1.30 bits per heavy atom. The number of rotatable bonds is 2. The van der Waals surface area contributed by atoms with Crippen molar-refractivity contribution in [2.45, 2.75) is 26.3 Å². The molecule has 0 bridgehead atoms. The van der Waals surface area contributed by atoms with Crippen molar-refractivity contribution in [1.82, 2.24) is 9.13 Å². The van der Waals surface area contributed by atoms with Crippen LogP contribution in [-0.4, -0.2) is 14.9 Å². The van der Waals surface area contributed by atoms with Crippen LogP contribution in [-0.2, 0) is 20.0 Å². The molecule has 4 rings (SSSR count). The maximum Gasteiger partial charge on any atom is 0.170 e. The van der Waals surface area contributed by atoms with Crippen molar-refractivity contribution < 1.29 is 9.18 Å². The van der Waals surface area contributed by atoms with Crippen molar-refractivity contribution >= 4 is 16.7 Å². The third-order valence-corrected chi connectivity index (χ3v) is 5.10. The highest BCUT2D eigenvalue weighted by Gasteiger charge is 2.32. The molecule has 23 heavy (non-hydrogen) atoms. The molecule has 0 aliphatic heterocycles. The maximum absolute atomic E-state index is 13.7. The Labute approximate surface area is 134 Å². The van der Waals surface area contributed by atoms with Crippen LogP contribution in [0, 0.1) is 18.7 Å². The second kappa shape index (κ2) is 5.08. The molecular weight excluding hydrogens is 290 g/mol. The molecule has 3 nitrogen and oxygen atoms in total. The van der Waals surface area contributed by atoms with Gasteiger partial charge in [0, 0.05) is 53.6 Å². The molecule has 0 saturated heterocycles. The Kier molecular flexibility index (Phi) is 3.15. The largest absolute Gasteiger partial charge is 0.351 e. The zero-order chi connectivity index (χ0) is 16.1. The van der Waals surface area contributed by atoms with Crippen LogP contribution in [0.15, 0.2) is 36.5 Å². The van der Waals surface area contributed by atoms with Gasteiger partial charge in [-0.2, -0.15) is 0 Å². The molecule has 0 radical (unpaired) electrons. The predicted octanol–water partition coefficient (Wildman–Crippen LogP) is 3.87. The molecule has 1 unspecified atom stereocenters. The molecule has 118 valence electrons. The van der Waals surface area contributed by atoms with Gasteiger partial charge in [-0.1, -0.05) is 0 Å². The number of hydrogen-bond acceptors (Lipinski definition) is 1. The van der Waals surface area contributed by atoms with Gasteiger partial charge in [0.2, 0.25) is 0 Å². The van der Waals surface area contributed by atoms with E-state index in [0.29, 0.717) is 6.54 Å². The van der Waals surface area contributed by atoms with Gasteiger partial charge in [-0.3, -0.25) is 4.79 Å². The van der Waals surface area contributed by atoms with E-state index in [0.717, 1.165) is 40.7 Å². The first kappa shape index (κ1) is 14.2. The minimum Gasteiger partial charge on any atom is -0.351 e. The van der Waals surface area contributed by atoms with Crippen LogP contribution < -0.4 is 0 Å². The van der Waals surface area contributed by atoms with E-state index >= 15 is 0 Å². The third-order valence-electron chi connectivity index (χ3n) is 5.10. The summed E-state index contributed by atoms with van der Waals surface area (Å²) in [5.74, 6) is -0.180. The number of hydrogen-bond donors (Lipinski definition) is 0. The number of Topliss-reactive ketones (excluding diaryl/α,β-unsaturated/α-hetero) is 1. The van der Waals surface area contributed by atoms with Crippen molar-refractivity contribution in [2.75, 3.05) is 0 Å². The second-order valence-corrected chi connectivity index (χ2v) is 6.44. The van der Waals surface area contributed by atoms with Crippen molar-refractivity contribution in [1.29, 1.82) is 0 Å². The average Bonchev–Trinajstić information content (AvgIpc) is 3.05. The number of aryl methyl sites for hydroxylation is 2. The summed E-state index contributed by atoms with van der Waals surface area (Å²) in [5.41, 5.74) is 3.86. The summed E-state index contributed by atoms with van der Waals surface area (Å²) in [6.07, 6.45) is 3.72. The molecule has 0 spiro atoms. The summed E-state index contributed by atoms with van der Waals surface area (Å²) in [5, 5.41) is 0.751. The molecule has 1 aromatic carbocycles. The fourth-order valence-corrected chi connectivity index (χ4v) is 3.80. The highest BCUT2D eigenvalue weighted by Crippen LogP contribution is 2.34. The lowest BCUT2D eigenvalue weighted by atomic mass is 9.85. The second-order valence-electron chi connectivity index (χ2n) is 6.44. The quantitative estimate of drug-likeness (QED) is 0.706. The summed E-state index contributed by atoms with van der Waals surface area (Å²) in [7, 11) is 1.96. The number of fused-ring (bicyclic) bond motifs is 3. The summed E-state index contributed by atoms with van der Waals surface area (Å²) >= 11 is 0. The first-order valence-corrected chi connectivity index (χ1v) is 7.99. The fourth-order valence-electron chi connectivity index (χ4n) is 3.80. The summed E-state index contributed by atoms with van der Waals surface area (Å²) in [6.45, 7) is 2.74. The van der Waals surface area contributed by atoms with Crippen molar-refractivity contribution in [3.8, 4) is 0 Å². The van der Waals surface area contributed by atoms with Crippen molar-refractivity contribution in [2.24, 2.45) is 13.0 Å². The van der Waals surface area contributed by atoms with E-state index < -0.39 is 0 Å². The van der Waals surface area contributed by atoms with Gasteiger partial charge < -0.3 is 9.13 Å². The minimum absolute atomic E-state index is 0.0394. The smallest absolute Gasteiger partial charge is 0.170 e. The molecule has 1 aliphatic rings. The van der Waals surface area contributed by atoms with Crippen LogP contribution in [0.5, 0.6) is 0 Å². The maximum atomic E-state index is 13.7. The van der Waals surface area contributed by atoms with E-state index in [-0.39, 0.29) is 17.5 Å². The predicted molar refractivity (Wildman–Crippen MR) is 88.2 cm³/mol. The lowest BCUT2D eigenvalue weighted by molar-refractivity contribution is 0.0888. The lowest BCUT2D eigenvalue weighted by Gasteiger charge is -2.23. The number of carbonyl (C=O) groups is 1. The van der Waals surface area contributed by atoms with Gasteiger partial charge in [-0.15, -0.1) is 0 Å². The van der Waals surface area contributed by atoms with Crippen LogP contribution in [0.2, 0.25) is 0 Å². The fraction of sp³-hybridized carbons (Fsp3) is 0.316. The van der Waals surface area contributed by atoms with Gasteiger partial charge in [0.05, 0.1) is 0 Å². The van der Waals surface area contributed by atoms with Gasteiger partial charge in [-0.25, -0.2) is 4.39 Å². The van der Waals surface area contributed by atoms with Crippen LogP contribution in [0.1, 0.15) is 28.2 Å². The SMILES string of the molecule is Cc1cccn1CC1CCc2c(c3cc([18F])ccc3n2C)C1=O. The topological polar surface area (TPSA) is 26.9 Å². The highest BCUT2D eigenvalue weighted by molar-refractivity contribution is 6.11. The number of benzene rings is 1. The zero-order valence-electron chi connectivity index (χ0n) is 13.3. The molecule has 2 aromatic heterocycles. The molecule has 3 aromatic rings. The standard InChI is InChI=1S/C19H19FN2O/c1-12-4-3-9-22(12)11-13-5-7-17-18(19(13)23)15-10-14(20)6-8-16(15)21(17)2/h3-4,6,8-10,13H,5,7,11H2,1-2H3/i20-1. The molecule has 1 atom stereocenters. The Balaban J connectivity index is 1.79. The Morgan fingerprint density at radius 2 is 2.13 bits per heavy atom. The molecule has 1 aliphatic carbocycles.